The van der Waals surface area contributed by atoms with Crippen LogP contribution >= 0.6 is 0 Å². The molecule has 102 valence electrons. The average molecular weight is 266 g/mol. The molecule has 0 fully saturated rings. The fourth-order valence-electron chi connectivity index (χ4n) is 2.45. The quantitative estimate of drug-likeness (QED) is 0.709. The van der Waals surface area contributed by atoms with Crippen molar-refractivity contribution in [3.8, 4) is 11.1 Å². The summed E-state index contributed by atoms with van der Waals surface area (Å²) in [5.74, 6) is 0.989. The van der Waals surface area contributed by atoms with E-state index in [0.717, 1.165) is 36.2 Å². The Labute approximate surface area is 118 Å². The van der Waals surface area contributed by atoms with Gasteiger partial charge in [-0.1, -0.05) is 25.1 Å². The molecule has 0 unspecified atom stereocenters. The zero-order valence-corrected chi connectivity index (χ0v) is 11.6. The lowest BCUT2D eigenvalue weighted by Gasteiger charge is -2.07. The van der Waals surface area contributed by atoms with Crippen LogP contribution in [0.25, 0.3) is 21.9 Å². The first-order chi connectivity index (χ1) is 9.90. The lowest BCUT2D eigenvalue weighted by Crippen LogP contribution is -2.13. The van der Waals surface area contributed by atoms with Crippen molar-refractivity contribution >= 4 is 10.8 Å². The predicted molar refractivity (Wildman–Crippen MR) is 81.4 cm³/mol. The summed E-state index contributed by atoms with van der Waals surface area (Å²) >= 11 is 0. The first-order valence-electron chi connectivity index (χ1n) is 7.00. The molecule has 0 bridgehead atoms. The molecular formula is C17H18N2O. The number of furan rings is 1. The number of pyridine rings is 1. The minimum absolute atomic E-state index is 0.762. The van der Waals surface area contributed by atoms with Crippen LogP contribution in [0.4, 0.5) is 0 Å². The van der Waals surface area contributed by atoms with Crippen molar-refractivity contribution in [1.82, 2.24) is 10.3 Å². The number of hydrogen-bond donors (Lipinski definition) is 1. The highest BCUT2D eigenvalue weighted by molar-refractivity contribution is 5.96. The standard InChI is InChI=1S/C17H18N2O/c1-2-8-18-12-17-16(7-10-20-17)15-5-3-4-13-11-19-9-6-14(13)15/h3-7,9-11,18H,2,8,12H2,1H3. The second-order valence-electron chi connectivity index (χ2n) is 4.84. The van der Waals surface area contributed by atoms with E-state index in [1.165, 1.54) is 10.9 Å². The maximum absolute atomic E-state index is 5.64. The molecular weight excluding hydrogens is 248 g/mol. The summed E-state index contributed by atoms with van der Waals surface area (Å²) < 4.78 is 5.64. The lowest BCUT2D eigenvalue weighted by molar-refractivity contribution is 0.484. The van der Waals surface area contributed by atoms with Gasteiger partial charge in [0, 0.05) is 23.3 Å². The molecule has 2 aromatic heterocycles. The molecule has 0 aliphatic carbocycles. The van der Waals surface area contributed by atoms with Crippen LogP contribution in [0.2, 0.25) is 0 Å². The molecule has 3 nitrogen and oxygen atoms in total. The zero-order chi connectivity index (χ0) is 13.8. The van der Waals surface area contributed by atoms with Gasteiger partial charge in [0.05, 0.1) is 12.8 Å². The molecule has 0 saturated carbocycles. The summed E-state index contributed by atoms with van der Waals surface area (Å²) in [4.78, 5) is 4.18. The molecule has 0 radical (unpaired) electrons. The van der Waals surface area contributed by atoms with Gasteiger partial charge in [-0.2, -0.15) is 0 Å². The molecule has 0 amide bonds. The molecule has 3 heteroatoms. The Morgan fingerprint density at radius 1 is 1.15 bits per heavy atom. The van der Waals surface area contributed by atoms with Crippen molar-refractivity contribution in [3.63, 3.8) is 0 Å². The normalized spacial score (nSPS) is 11.1. The van der Waals surface area contributed by atoms with Gasteiger partial charge in [-0.25, -0.2) is 0 Å². The number of hydrogen-bond acceptors (Lipinski definition) is 3. The maximum Gasteiger partial charge on any atom is 0.125 e. The molecule has 2 heterocycles. The van der Waals surface area contributed by atoms with Gasteiger partial charge in [0.25, 0.3) is 0 Å². The Morgan fingerprint density at radius 2 is 2.10 bits per heavy atom. The van der Waals surface area contributed by atoms with Gasteiger partial charge in [0.1, 0.15) is 5.76 Å². The van der Waals surface area contributed by atoms with Crippen LogP contribution in [-0.4, -0.2) is 11.5 Å². The van der Waals surface area contributed by atoms with Crippen molar-refractivity contribution in [2.24, 2.45) is 0 Å². The van der Waals surface area contributed by atoms with Crippen LogP contribution in [0.3, 0.4) is 0 Å². The van der Waals surface area contributed by atoms with E-state index in [9.17, 15) is 0 Å². The second kappa shape index (κ2) is 5.88. The Balaban J connectivity index is 2.01. The van der Waals surface area contributed by atoms with Crippen LogP contribution in [0, 0.1) is 0 Å². The van der Waals surface area contributed by atoms with Crippen molar-refractivity contribution in [2.45, 2.75) is 19.9 Å². The van der Waals surface area contributed by atoms with E-state index >= 15 is 0 Å². The van der Waals surface area contributed by atoms with E-state index in [1.54, 1.807) is 6.26 Å². The Morgan fingerprint density at radius 3 is 3.00 bits per heavy atom. The van der Waals surface area contributed by atoms with Crippen molar-refractivity contribution in [2.75, 3.05) is 6.54 Å². The summed E-state index contributed by atoms with van der Waals surface area (Å²) in [7, 11) is 0. The van der Waals surface area contributed by atoms with E-state index < -0.39 is 0 Å². The van der Waals surface area contributed by atoms with Gasteiger partial charge in [-0.3, -0.25) is 4.98 Å². The fourth-order valence-corrected chi connectivity index (χ4v) is 2.45. The summed E-state index contributed by atoms with van der Waals surface area (Å²) in [6.07, 6.45) is 6.61. The minimum Gasteiger partial charge on any atom is -0.467 e. The summed E-state index contributed by atoms with van der Waals surface area (Å²) in [6.45, 7) is 3.92. The third-order valence-electron chi connectivity index (χ3n) is 3.43. The Hall–Kier alpha value is -2.13. The summed E-state index contributed by atoms with van der Waals surface area (Å²) in [5, 5.41) is 5.75. The third-order valence-corrected chi connectivity index (χ3v) is 3.43. The first kappa shape index (κ1) is 12.9. The van der Waals surface area contributed by atoms with Gasteiger partial charge in [-0.15, -0.1) is 0 Å². The monoisotopic (exact) mass is 266 g/mol. The zero-order valence-electron chi connectivity index (χ0n) is 11.6. The fraction of sp³-hybridized carbons (Fsp3) is 0.235. The number of aromatic nitrogens is 1. The second-order valence-corrected chi connectivity index (χ2v) is 4.84. The third kappa shape index (κ3) is 2.45. The number of fused-ring (bicyclic) bond motifs is 1. The molecule has 1 N–H and O–H groups in total. The van der Waals surface area contributed by atoms with Crippen molar-refractivity contribution in [3.05, 3.63) is 54.7 Å². The molecule has 3 aromatic rings. The van der Waals surface area contributed by atoms with Gasteiger partial charge >= 0.3 is 0 Å². The molecule has 0 saturated heterocycles. The van der Waals surface area contributed by atoms with E-state index in [2.05, 4.69) is 41.5 Å². The first-order valence-corrected chi connectivity index (χ1v) is 7.00. The van der Waals surface area contributed by atoms with Gasteiger partial charge in [0.2, 0.25) is 0 Å². The molecule has 20 heavy (non-hydrogen) atoms. The number of rotatable bonds is 5. The molecule has 0 aliphatic rings. The topological polar surface area (TPSA) is 38.1 Å². The van der Waals surface area contributed by atoms with E-state index in [-0.39, 0.29) is 0 Å². The molecule has 1 aromatic carbocycles. The summed E-state index contributed by atoms with van der Waals surface area (Å²) in [5.41, 5.74) is 2.36. The van der Waals surface area contributed by atoms with E-state index in [4.69, 9.17) is 4.42 Å². The Kier molecular flexibility index (Phi) is 3.79. The van der Waals surface area contributed by atoms with Crippen LogP contribution in [0.1, 0.15) is 19.1 Å². The average Bonchev–Trinajstić information content (AvgIpc) is 2.95. The van der Waals surface area contributed by atoms with Crippen molar-refractivity contribution < 1.29 is 4.42 Å². The SMILES string of the molecule is CCCNCc1occc1-c1cccc2cnccc12. The van der Waals surface area contributed by atoms with Crippen LogP contribution in [0.15, 0.2) is 53.4 Å². The summed E-state index contributed by atoms with van der Waals surface area (Å²) in [6, 6.07) is 10.4. The lowest BCUT2D eigenvalue weighted by atomic mass is 10.00. The van der Waals surface area contributed by atoms with Crippen LogP contribution in [-0.2, 0) is 6.54 Å². The predicted octanol–water partition coefficient (Wildman–Crippen LogP) is 3.99. The number of nitrogens with zero attached hydrogens (tertiary/aromatic N) is 1. The molecule has 0 atom stereocenters. The Bertz CT molecular complexity index is 698. The molecule has 3 rings (SSSR count). The van der Waals surface area contributed by atoms with Crippen LogP contribution < -0.4 is 5.32 Å². The van der Waals surface area contributed by atoms with Gasteiger partial charge in [0.15, 0.2) is 0 Å². The molecule has 0 spiro atoms. The number of nitrogens with one attached hydrogen (secondary N) is 1. The van der Waals surface area contributed by atoms with Gasteiger partial charge in [-0.05, 0) is 36.0 Å². The minimum atomic E-state index is 0.762. The van der Waals surface area contributed by atoms with E-state index in [0.29, 0.717) is 0 Å². The highest BCUT2D eigenvalue weighted by Gasteiger charge is 2.11. The highest BCUT2D eigenvalue weighted by atomic mass is 16.3. The van der Waals surface area contributed by atoms with Crippen molar-refractivity contribution in [1.29, 1.82) is 0 Å². The van der Waals surface area contributed by atoms with E-state index in [1.807, 2.05) is 18.5 Å². The maximum atomic E-state index is 5.64. The number of benzene rings is 1. The smallest absolute Gasteiger partial charge is 0.125 e. The van der Waals surface area contributed by atoms with Crippen LogP contribution in [0.5, 0.6) is 0 Å². The largest absolute Gasteiger partial charge is 0.467 e. The van der Waals surface area contributed by atoms with Gasteiger partial charge < -0.3 is 9.73 Å². The molecule has 0 aliphatic heterocycles. The highest BCUT2D eigenvalue weighted by Crippen LogP contribution is 2.31.